The Hall–Kier alpha value is -0.100. The Bertz CT molecular complexity index is 419. The largest absolute Gasteiger partial charge is 0.250 e. The summed E-state index contributed by atoms with van der Waals surface area (Å²) in [5.74, 6) is 0. The molecule has 0 aliphatic carbocycles. The third-order valence-electron chi connectivity index (χ3n) is 1.54. The van der Waals surface area contributed by atoms with Crippen LogP contribution < -0.4 is 3.75 Å². The van der Waals surface area contributed by atoms with Crippen LogP contribution in [0, 0.1) is 6.92 Å². The van der Waals surface area contributed by atoms with Crippen molar-refractivity contribution in [2.45, 2.75) is 11.8 Å². The lowest BCUT2D eigenvalue weighted by Gasteiger charge is -2.04. The molecule has 1 N–H and O–H groups in total. The van der Waals surface area contributed by atoms with Gasteiger partial charge in [-0.3, -0.25) is 0 Å². The normalized spacial score (nSPS) is 11.6. The molecule has 1 rings (SSSR count). The van der Waals surface area contributed by atoms with E-state index in [0.29, 0.717) is 10.6 Å². The van der Waals surface area contributed by atoms with Crippen molar-refractivity contribution in [1.29, 1.82) is 0 Å². The van der Waals surface area contributed by atoms with Gasteiger partial charge in [-0.2, -0.15) is 0 Å². The molecule has 0 unspecified atom stereocenters. The predicted molar refractivity (Wildman–Crippen MR) is 55.4 cm³/mol. The summed E-state index contributed by atoms with van der Waals surface area (Å²) in [6.45, 7) is 1.70. The van der Waals surface area contributed by atoms with Crippen LogP contribution in [0.1, 0.15) is 5.56 Å². The highest BCUT2D eigenvalue weighted by molar-refractivity contribution is 9.09. The van der Waals surface area contributed by atoms with Crippen molar-refractivity contribution < 1.29 is 8.42 Å². The number of hydrogen-bond donors (Lipinski definition) is 1. The topological polar surface area (TPSA) is 46.2 Å². The van der Waals surface area contributed by atoms with E-state index >= 15 is 0 Å². The fraction of sp³-hybridized carbons (Fsp3) is 0.143. The van der Waals surface area contributed by atoms with Crippen molar-refractivity contribution in [2.24, 2.45) is 0 Å². The number of halogens is 2. The second-order valence-electron chi connectivity index (χ2n) is 2.49. The van der Waals surface area contributed by atoms with Gasteiger partial charge in [0.25, 0.3) is 0 Å². The molecule has 0 saturated heterocycles. The molecule has 0 heterocycles. The number of rotatable bonds is 2. The molecule has 13 heavy (non-hydrogen) atoms. The van der Waals surface area contributed by atoms with Crippen LogP contribution in [0.2, 0.25) is 5.02 Å². The minimum Gasteiger partial charge on any atom is -0.206 e. The van der Waals surface area contributed by atoms with Crippen LogP contribution in [0.15, 0.2) is 23.1 Å². The number of benzene rings is 1. The molecule has 72 valence electrons. The van der Waals surface area contributed by atoms with Crippen molar-refractivity contribution in [3.63, 3.8) is 0 Å². The fourth-order valence-corrected chi connectivity index (χ4v) is 2.52. The highest BCUT2D eigenvalue weighted by Gasteiger charge is 2.15. The lowest BCUT2D eigenvalue weighted by molar-refractivity contribution is 0.594. The van der Waals surface area contributed by atoms with Crippen molar-refractivity contribution in [1.82, 2.24) is 3.75 Å². The first-order valence-corrected chi connectivity index (χ1v) is 6.01. The molecule has 1 aromatic rings. The molecule has 0 radical (unpaired) electrons. The van der Waals surface area contributed by atoms with E-state index in [1.807, 2.05) is 0 Å². The van der Waals surface area contributed by atoms with Gasteiger partial charge in [0.05, 0.1) is 4.90 Å². The number of nitrogens with one attached hydrogen (secondary N) is 1. The summed E-state index contributed by atoms with van der Waals surface area (Å²) >= 11 is 8.36. The van der Waals surface area contributed by atoms with E-state index < -0.39 is 10.0 Å². The zero-order chi connectivity index (χ0) is 10.1. The van der Waals surface area contributed by atoms with E-state index in [9.17, 15) is 8.42 Å². The van der Waals surface area contributed by atoms with Gasteiger partial charge in [-0.1, -0.05) is 17.7 Å². The van der Waals surface area contributed by atoms with Crippen molar-refractivity contribution in [3.05, 3.63) is 28.8 Å². The quantitative estimate of drug-likeness (QED) is 0.847. The van der Waals surface area contributed by atoms with E-state index in [-0.39, 0.29) is 4.90 Å². The summed E-state index contributed by atoms with van der Waals surface area (Å²) in [6.07, 6.45) is 0. The van der Waals surface area contributed by atoms with E-state index in [2.05, 4.69) is 19.9 Å². The molecule has 0 aliphatic heterocycles. The van der Waals surface area contributed by atoms with Gasteiger partial charge in [0, 0.05) is 21.2 Å². The molecule has 0 bridgehead atoms. The third-order valence-corrected chi connectivity index (χ3v) is 4.28. The summed E-state index contributed by atoms with van der Waals surface area (Å²) in [7, 11) is -3.47. The van der Waals surface area contributed by atoms with Gasteiger partial charge < -0.3 is 0 Å². The van der Waals surface area contributed by atoms with Gasteiger partial charge in [0.2, 0.25) is 10.0 Å². The maximum absolute atomic E-state index is 11.4. The molecular formula is C7H7BrClNO2S. The maximum atomic E-state index is 11.4. The first-order chi connectivity index (χ1) is 5.97. The van der Waals surface area contributed by atoms with Gasteiger partial charge in [0.15, 0.2) is 0 Å². The predicted octanol–water partition coefficient (Wildman–Crippen LogP) is 2.24. The molecule has 6 heteroatoms. The van der Waals surface area contributed by atoms with Gasteiger partial charge in [-0.15, -0.1) is 3.75 Å². The smallest absolute Gasteiger partial charge is 0.206 e. The number of sulfonamides is 1. The van der Waals surface area contributed by atoms with Crippen LogP contribution >= 0.6 is 27.7 Å². The Labute approximate surface area is 90.5 Å². The summed E-state index contributed by atoms with van der Waals surface area (Å²) in [5.41, 5.74) is 0.649. The van der Waals surface area contributed by atoms with E-state index in [1.54, 1.807) is 19.1 Å². The molecular weight excluding hydrogens is 278 g/mol. The van der Waals surface area contributed by atoms with Crippen molar-refractivity contribution in [2.75, 3.05) is 0 Å². The summed E-state index contributed by atoms with van der Waals surface area (Å²) in [6, 6.07) is 4.70. The Balaban J connectivity index is 3.38. The molecule has 0 atom stereocenters. The first-order valence-electron chi connectivity index (χ1n) is 3.36. The summed E-state index contributed by atoms with van der Waals surface area (Å²) in [4.78, 5) is 0.178. The Morgan fingerprint density at radius 1 is 1.46 bits per heavy atom. The van der Waals surface area contributed by atoms with Crippen molar-refractivity contribution in [3.8, 4) is 0 Å². The van der Waals surface area contributed by atoms with E-state index in [0.717, 1.165) is 0 Å². The summed E-state index contributed by atoms with van der Waals surface area (Å²) in [5, 5.41) is 0.395. The van der Waals surface area contributed by atoms with Gasteiger partial charge in [0.1, 0.15) is 0 Å². The van der Waals surface area contributed by atoms with Crippen LogP contribution in [0.25, 0.3) is 0 Å². The molecule has 0 fully saturated rings. The molecule has 3 nitrogen and oxygen atoms in total. The SMILES string of the molecule is Cc1ccc(Cl)cc1S(=O)(=O)NBr. The minimum atomic E-state index is -3.47. The molecule has 1 aromatic carbocycles. The number of hydrogen-bond acceptors (Lipinski definition) is 2. The second kappa shape index (κ2) is 3.96. The standard InChI is InChI=1S/C7H7BrClNO2S/c1-5-2-3-6(9)4-7(5)13(11,12)10-8/h2-4,10H,1H3. The lowest BCUT2D eigenvalue weighted by atomic mass is 10.2. The molecule has 0 aromatic heterocycles. The molecule has 0 spiro atoms. The van der Waals surface area contributed by atoms with Crippen LogP contribution in [0.5, 0.6) is 0 Å². The highest BCUT2D eigenvalue weighted by Crippen LogP contribution is 2.20. The first kappa shape index (κ1) is 11.0. The van der Waals surface area contributed by atoms with E-state index in [1.165, 1.54) is 6.07 Å². The Morgan fingerprint density at radius 3 is 2.62 bits per heavy atom. The average Bonchev–Trinajstić information content (AvgIpc) is 2.09. The van der Waals surface area contributed by atoms with Gasteiger partial charge in [-0.25, -0.2) is 8.42 Å². The Kier molecular flexibility index (Phi) is 3.34. The van der Waals surface area contributed by atoms with Crippen LogP contribution in [-0.4, -0.2) is 8.42 Å². The van der Waals surface area contributed by atoms with Crippen LogP contribution in [-0.2, 0) is 10.0 Å². The summed E-state index contributed by atoms with van der Waals surface area (Å²) < 4.78 is 24.8. The van der Waals surface area contributed by atoms with Crippen LogP contribution in [0.3, 0.4) is 0 Å². The molecule has 0 amide bonds. The fourth-order valence-electron chi connectivity index (χ4n) is 0.905. The zero-order valence-corrected chi connectivity index (χ0v) is 9.87. The van der Waals surface area contributed by atoms with E-state index in [4.69, 9.17) is 11.6 Å². The third kappa shape index (κ3) is 2.43. The molecule has 0 saturated carbocycles. The maximum Gasteiger partial charge on any atom is 0.250 e. The average molecular weight is 285 g/mol. The highest BCUT2D eigenvalue weighted by atomic mass is 79.9. The lowest BCUT2D eigenvalue weighted by Crippen LogP contribution is -2.14. The van der Waals surface area contributed by atoms with Gasteiger partial charge in [-0.05, 0) is 24.6 Å². The second-order valence-corrected chi connectivity index (χ2v) is 5.50. The minimum absolute atomic E-state index is 0.178. The zero-order valence-electron chi connectivity index (χ0n) is 6.71. The van der Waals surface area contributed by atoms with Gasteiger partial charge >= 0.3 is 0 Å². The van der Waals surface area contributed by atoms with Crippen molar-refractivity contribution >= 4 is 37.8 Å². The monoisotopic (exact) mass is 283 g/mol. The Morgan fingerprint density at radius 2 is 2.08 bits per heavy atom. The number of aryl methyl sites for hydroxylation is 1. The molecule has 0 aliphatic rings. The van der Waals surface area contributed by atoms with Crippen LogP contribution in [0.4, 0.5) is 0 Å².